The number of benzene rings is 1. The van der Waals surface area contributed by atoms with Gasteiger partial charge in [0.05, 0.1) is 19.4 Å². The lowest BCUT2D eigenvalue weighted by molar-refractivity contribution is 0.0989. The van der Waals surface area contributed by atoms with E-state index in [-0.39, 0.29) is 5.91 Å². The number of thiophene rings is 1. The molecule has 0 aliphatic heterocycles. The number of anilines is 1. The van der Waals surface area contributed by atoms with Gasteiger partial charge in [-0.1, -0.05) is 34.5 Å². The van der Waals surface area contributed by atoms with Crippen LogP contribution >= 0.6 is 45.9 Å². The highest BCUT2D eigenvalue weighted by atomic mass is 35.5. The lowest BCUT2D eigenvalue weighted by Gasteiger charge is -2.21. The predicted octanol–water partition coefficient (Wildman–Crippen LogP) is 5.18. The Morgan fingerprint density at radius 1 is 1.16 bits per heavy atom. The summed E-state index contributed by atoms with van der Waals surface area (Å²) in [7, 11) is 3.96. The van der Waals surface area contributed by atoms with Gasteiger partial charge in [-0.05, 0) is 50.8 Å². The zero-order chi connectivity index (χ0) is 18.1. The summed E-state index contributed by atoms with van der Waals surface area (Å²) >= 11 is 14.9. The quantitative estimate of drug-likeness (QED) is 0.577. The first-order valence-electron chi connectivity index (χ1n) is 7.64. The van der Waals surface area contributed by atoms with Crippen molar-refractivity contribution in [1.82, 2.24) is 9.88 Å². The third-order valence-electron chi connectivity index (χ3n) is 3.67. The number of nitrogens with zero attached hydrogens (tertiary/aromatic N) is 3. The van der Waals surface area contributed by atoms with Crippen molar-refractivity contribution >= 4 is 67.1 Å². The largest absolute Gasteiger partial charge is 0.308 e. The average Bonchev–Trinajstić information content (AvgIpc) is 3.13. The van der Waals surface area contributed by atoms with E-state index in [1.165, 1.54) is 22.7 Å². The van der Waals surface area contributed by atoms with Crippen LogP contribution < -0.4 is 4.90 Å². The maximum absolute atomic E-state index is 13.0. The van der Waals surface area contributed by atoms with Crippen molar-refractivity contribution in [3.05, 3.63) is 44.1 Å². The van der Waals surface area contributed by atoms with Crippen LogP contribution in [0.1, 0.15) is 15.2 Å². The van der Waals surface area contributed by atoms with Gasteiger partial charge in [0.25, 0.3) is 5.91 Å². The van der Waals surface area contributed by atoms with Crippen LogP contribution in [0.2, 0.25) is 9.36 Å². The van der Waals surface area contributed by atoms with Gasteiger partial charge in [-0.15, -0.1) is 11.3 Å². The molecule has 25 heavy (non-hydrogen) atoms. The van der Waals surface area contributed by atoms with Gasteiger partial charge in [0.15, 0.2) is 5.13 Å². The summed E-state index contributed by atoms with van der Waals surface area (Å²) < 4.78 is 1.58. The Kier molecular flexibility index (Phi) is 5.65. The Hall–Kier alpha value is -1.18. The maximum atomic E-state index is 13.0. The number of rotatable bonds is 5. The van der Waals surface area contributed by atoms with Gasteiger partial charge in [0.1, 0.15) is 0 Å². The van der Waals surface area contributed by atoms with Gasteiger partial charge in [-0.3, -0.25) is 9.69 Å². The minimum atomic E-state index is -0.0819. The van der Waals surface area contributed by atoms with Gasteiger partial charge in [0, 0.05) is 18.1 Å². The van der Waals surface area contributed by atoms with E-state index in [0.29, 0.717) is 25.9 Å². The smallest absolute Gasteiger partial charge is 0.270 e. The Labute approximate surface area is 164 Å². The fourth-order valence-electron chi connectivity index (χ4n) is 2.40. The molecule has 0 saturated carbocycles. The second-order valence-electron chi connectivity index (χ2n) is 5.93. The number of fused-ring (bicyclic) bond motifs is 1. The molecule has 0 aliphatic carbocycles. The summed E-state index contributed by atoms with van der Waals surface area (Å²) in [6.07, 6.45) is 0. The fraction of sp³-hybridized carbons (Fsp3) is 0.294. The Balaban J connectivity index is 2.01. The lowest BCUT2D eigenvalue weighted by Crippen LogP contribution is -2.36. The first kappa shape index (κ1) is 18.6. The molecule has 2 aromatic heterocycles. The highest BCUT2D eigenvalue weighted by molar-refractivity contribution is 7.22. The molecule has 4 nitrogen and oxygen atoms in total. The summed E-state index contributed by atoms with van der Waals surface area (Å²) in [6, 6.07) is 7.28. The van der Waals surface area contributed by atoms with Gasteiger partial charge in [0.2, 0.25) is 0 Å². The van der Waals surface area contributed by atoms with Crippen molar-refractivity contribution in [3.8, 4) is 0 Å². The molecule has 1 aromatic carbocycles. The number of carbonyl (C=O) groups excluding carboxylic acids is 1. The van der Waals surface area contributed by atoms with Crippen molar-refractivity contribution in [3.63, 3.8) is 0 Å². The first-order chi connectivity index (χ1) is 11.8. The van der Waals surface area contributed by atoms with E-state index in [4.69, 9.17) is 28.2 Å². The molecule has 0 saturated heterocycles. The van der Waals surface area contributed by atoms with E-state index in [2.05, 4.69) is 0 Å². The van der Waals surface area contributed by atoms with E-state index in [9.17, 15) is 4.79 Å². The summed E-state index contributed by atoms with van der Waals surface area (Å²) in [4.78, 5) is 22.1. The van der Waals surface area contributed by atoms with E-state index in [1.807, 2.05) is 38.1 Å². The number of aryl methyl sites for hydroxylation is 1. The van der Waals surface area contributed by atoms with E-state index in [1.54, 1.807) is 17.0 Å². The number of thiazole rings is 1. The third kappa shape index (κ3) is 4.15. The topological polar surface area (TPSA) is 36.4 Å². The first-order valence-corrected chi connectivity index (χ1v) is 10.0. The number of halogens is 2. The fourth-order valence-corrected chi connectivity index (χ4v) is 4.84. The van der Waals surface area contributed by atoms with Crippen LogP contribution in [0.5, 0.6) is 0 Å². The summed E-state index contributed by atoms with van der Waals surface area (Å²) in [6.45, 7) is 3.26. The standard InChI is InChI=1S/C17H17Cl2N3OS2/c1-10-8-11(18)9-13-15(10)20-17(25-13)22(7-6-21(2)3)16(23)12-4-5-14(19)24-12/h4-5,8-9H,6-7H2,1-3H3. The van der Waals surface area contributed by atoms with E-state index < -0.39 is 0 Å². The SMILES string of the molecule is Cc1cc(Cl)cc2sc(N(CCN(C)C)C(=O)c3ccc(Cl)s3)nc12. The number of hydrogen-bond donors (Lipinski definition) is 0. The number of amides is 1. The zero-order valence-electron chi connectivity index (χ0n) is 14.0. The molecule has 0 fully saturated rings. The monoisotopic (exact) mass is 413 g/mol. The molecule has 3 aromatic rings. The van der Waals surface area contributed by atoms with Gasteiger partial charge in [-0.2, -0.15) is 0 Å². The maximum Gasteiger partial charge on any atom is 0.270 e. The van der Waals surface area contributed by atoms with Crippen LogP contribution in [0, 0.1) is 6.92 Å². The second kappa shape index (κ2) is 7.60. The van der Waals surface area contributed by atoms with Crippen LogP contribution in [0.25, 0.3) is 10.2 Å². The highest BCUT2D eigenvalue weighted by Crippen LogP contribution is 2.34. The molecular formula is C17H17Cl2N3OS2. The number of likely N-dealkylation sites (N-methyl/N-ethyl adjacent to an activating group) is 1. The van der Waals surface area contributed by atoms with Crippen LogP contribution in [-0.4, -0.2) is 43.0 Å². The second-order valence-corrected chi connectivity index (χ2v) is 9.09. The van der Waals surface area contributed by atoms with Gasteiger partial charge in [-0.25, -0.2) is 4.98 Å². The molecule has 0 atom stereocenters. The minimum Gasteiger partial charge on any atom is -0.308 e. The van der Waals surface area contributed by atoms with Crippen molar-refractivity contribution in [2.24, 2.45) is 0 Å². The zero-order valence-corrected chi connectivity index (χ0v) is 17.2. The molecule has 1 amide bonds. The van der Waals surface area contributed by atoms with Crippen LogP contribution in [0.4, 0.5) is 5.13 Å². The minimum absolute atomic E-state index is 0.0819. The molecular weight excluding hydrogens is 397 g/mol. The average molecular weight is 414 g/mol. The molecule has 2 heterocycles. The van der Waals surface area contributed by atoms with Gasteiger partial charge >= 0.3 is 0 Å². The molecule has 0 radical (unpaired) electrons. The summed E-state index contributed by atoms with van der Waals surface area (Å²) in [5.41, 5.74) is 1.89. The highest BCUT2D eigenvalue weighted by Gasteiger charge is 2.23. The Morgan fingerprint density at radius 3 is 2.56 bits per heavy atom. The lowest BCUT2D eigenvalue weighted by atomic mass is 10.2. The van der Waals surface area contributed by atoms with E-state index >= 15 is 0 Å². The van der Waals surface area contributed by atoms with Gasteiger partial charge < -0.3 is 4.90 Å². The van der Waals surface area contributed by atoms with Crippen molar-refractivity contribution in [2.45, 2.75) is 6.92 Å². The molecule has 0 unspecified atom stereocenters. The number of aromatic nitrogens is 1. The number of hydrogen-bond acceptors (Lipinski definition) is 5. The number of carbonyl (C=O) groups is 1. The van der Waals surface area contributed by atoms with Crippen LogP contribution in [0.15, 0.2) is 24.3 Å². The Bertz CT molecular complexity index is 920. The molecule has 0 N–H and O–H groups in total. The van der Waals surface area contributed by atoms with Crippen molar-refractivity contribution < 1.29 is 4.79 Å². The predicted molar refractivity (Wildman–Crippen MR) is 109 cm³/mol. The third-order valence-corrected chi connectivity index (χ3v) is 6.13. The van der Waals surface area contributed by atoms with Crippen molar-refractivity contribution in [2.75, 3.05) is 32.1 Å². The Morgan fingerprint density at radius 2 is 1.92 bits per heavy atom. The molecule has 0 bridgehead atoms. The summed E-state index contributed by atoms with van der Waals surface area (Å²) in [5, 5.41) is 1.35. The van der Waals surface area contributed by atoms with Crippen LogP contribution in [0.3, 0.4) is 0 Å². The van der Waals surface area contributed by atoms with Crippen molar-refractivity contribution in [1.29, 1.82) is 0 Å². The molecule has 0 spiro atoms. The molecule has 8 heteroatoms. The molecule has 132 valence electrons. The van der Waals surface area contributed by atoms with E-state index in [0.717, 1.165) is 22.3 Å². The van der Waals surface area contributed by atoms with Crippen LogP contribution in [-0.2, 0) is 0 Å². The molecule has 0 aliphatic rings. The normalized spacial score (nSPS) is 11.4. The summed E-state index contributed by atoms with van der Waals surface area (Å²) in [5.74, 6) is -0.0819. The molecule has 3 rings (SSSR count).